The van der Waals surface area contributed by atoms with Crippen LogP contribution in [0.5, 0.6) is 5.75 Å². The van der Waals surface area contributed by atoms with E-state index in [-0.39, 0.29) is 5.91 Å². The van der Waals surface area contributed by atoms with Crippen LogP contribution in [0, 0.1) is 5.92 Å². The van der Waals surface area contributed by atoms with Crippen molar-refractivity contribution < 1.29 is 13.9 Å². The average molecular weight is 387 g/mol. The Morgan fingerprint density at radius 1 is 1.07 bits per heavy atom. The van der Waals surface area contributed by atoms with Gasteiger partial charge in [0.2, 0.25) is 5.89 Å². The quantitative estimate of drug-likeness (QED) is 0.493. The Kier molecular flexibility index (Phi) is 5.24. The molecular formula is C23H21N3O3. The summed E-state index contributed by atoms with van der Waals surface area (Å²) in [6.45, 7) is 4.83. The van der Waals surface area contributed by atoms with Gasteiger partial charge in [0.1, 0.15) is 5.75 Å². The van der Waals surface area contributed by atoms with Crippen molar-refractivity contribution in [3.05, 3.63) is 72.4 Å². The van der Waals surface area contributed by atoms with E-state index in [4.69, 9.17) is 9.15 Å². The standard InChI is InChI=1S/C23H21N3O3/c1-15(2)14-28-19-11-7-16(8-12-19)22(27)25-18-9-5-17(6-10-18)23-26-21-20(29-23)4-3-13-24-21/h3-13,15H,14H2,1-2H3,(H,25,27). The zero-order valence-corrected chi connectivity index (χ0v) is 16.3. The lowest BCUT2D eigenvalue weighted by Gasteiger charge is -2.09. The van der Waals surface area contributed by atoms with Crippen molar-refractivity contribution in [3.8, 4) is 17.2 Å². The van der Waals surface area contributed by atoms with Crippen molar-refractivity contribution in [1.29, 1.82) is 0 Å². The lowest BCUT2D eigenvalue weighted by Crippen LogP contribution is -2.11. The Hall–Kier alpha value is -3.67. The van der Waals surface area contributed by atoms with Crippen LogP contribution >= 0.6 is 0 Å². The van der Waals surface area contributed by atoms with Crippen molar-refractivity contribution in [2.75, 3.05) is 11.9 Å². The third-order valence-electron chi connectivity index (χ3n) is 4.25. The number of amides is 1. The molecule has 0 saturated carbocycles. The molecule has 0 unspecified atom stereocenters. The van der Waals surface area contributed by atoms with Crippen LogP contribution < -0.4 is 10.1 Å². The summed E-state index contributed by atoms with van der Waals surface area (Å²) in [7, 11) is 0. The molecule has 0 aliphatic heterocycles. The molecule has 2 aromatic carbocycles. The zero-order chi connectivity index (χ0) is 20.2. The maximum Gasteiger partial charge on any atom is 0.255 e. The number of anilines is 1. The first kappa shape index (κ1) is 18.7. The third kappa shape index (κ3) is 4.43. The summed E-state index contributed by atoms with van der Waals surface area (Å²) in [6, 6.07) is 18.1. The van der Waals surface area contributed by atoms with E-state index in [1.54, 1.807) is 24.4 Å². The predicted octanol–water partition coefficient (Wildman–Crippen LogP) is 5.18. The molecule has 29 heavy (non-hydrogen) atoms. The molecule has 1 N–H and O–H groups in total. The monoisotopic (exact) mass is 387 g/mol. The maximum atomic E-state index is 12.5. The second kappa shape index (κ2) is 8.14. The lowest BCUT2D eigenvalue weighted by molar-refractivity contribution is 0.102. The zero-order valence-electron chi connectivity index (χ0n) is 16.3. The first-order valence-electron chi connectivity index (χ1n) is 9.45. The maximum absolute atomic E-state index is 12.5. The van der Waals surface area contributed by atoms with Gasteiger partial charge in [-0.2, -0.15) is 4.98 Å². The lowest BCUT2D eigenvalue weighted by atomic mass is 10.1. The van der Waals surface area contributed by atoms with Crippen molar-refractivity contribution in [3.63, 3.8) is 0 Å². The molecular weight excluding hydrogens is 366 g/mol. The average Bonchev–Trinajstić information content (AvgIpc) is 3.17. The summed E-state index contributed by atoms with van der Waals surface area (Å²) in [5, 5.41) is 2.89. The summed E-state index contributed by atoms with van der Waals surface area (Å²) in [4.78, 5) is 21.0. The van der Waals surface area contributed by atoms with E-state index in [1.807, 2.05) is 42.5 Å². The van der Waals surface area contributed by atoms with Crippen LogP contribution in [0.4, 0.5) is 5.69 Å². The smallest absolute Gasteiger partial charge is 0.255 e. The highest BCUT2D eigenvalue weighted by Gasteiger charge is 2.10. The minimum absolute atomic E-state index is 0.181. The van der Waals surface area contributed by atoms with E-state index in [0.717, 1.165) is 11.3 Å². The number of hydrogen-bond donors (Lipinski definition) is 1. The van der Waals surface area contributed by atoms with Crippen LogP contribution in [0.3, 0.4) is 0 Å². The molecule has 1 amide bonds. The number of hydrogen-bond acceptors (Lipinski definition) is 5. The van der Waals surface area contributed by atoms with Crippen LogP contribution in [0.25, 0.3) is 22.7 Å². The van der Waals surface area contributed by atoms with Crippen molar-refractivity contribution in [2.24, 2.45) is 5.92 Å². The number of ether oxygens (including phenoxy) is 1. The molecule has 0 radical (unpaired) electrons. The van der Waals surface area contributed by atoms with Crippen molar-refractivity contribution in [2.45, 2.75) is 13.8 Å². The summed E-state index contributed by atoms with van der Waals surface area (Å²) >= 11 is 0. The molecule has 146 valence electrons. The minimum atomic E-state index is -0.181. The van der Waals surface area contributed by atoms with Gasteiger partial charge in [-0.1, -0.05) is 13.8 Å². The summed E-state index contributed by atoms with van der Waals surface area (Å²) in [5.41, 5.74) is 3.28. The Morgan fingerprint density at radius 2 is 1.83 bits per heavy atom. The molecule has 0 bridgehead atoms. The van der Waals surface area contributed by atoms with Crippen LogP contribution in [0.2, 0.25) is 0 Å². The van der Waals surface area contributed by atoms with Gasteiger partial charge in [0.15, 0.2) is 11.2 Å². The van der Waals surface area contributed by atoms with Gasteiger partial charge in [-0.05, 0) is 66.6 Å². The fourth-order valence-electron chi connectivity index (χ4n) is 2.76. The van der Waals surface area contributed by atoms with Crippen molar-refractivity contribution >= 4 is 22.8 Å². The van der Waals surface area contributed by atoms with Gasteiger partial charge in [0.05, 0.1) is 6.61 Å². The largest absolute Gasteiger partial charge is 0.493 e. The molecule has 2 heterocycles. The predicted molar refractivity (Wildman–Crippen MR) is 112 cm³/mol. The van der Waals surface area contributed by atoms with Gasteiger partial charge < -0.3 is 14.5 Å². The van der Waals surface area contributed by atoms with Gasteiger partial charge in [0.25, 0.3) is 5.91 Å². The number of fused-ring (bicyclic) bond motifs is 1. The SMILES string of the molecule is CC(C)COc1ccc(C(=O)Nc2ccc(-c3nc4ncccc4o3)cc2)cc1. The van der Waals surface area contributed by atoms with E-state index >= 15 is 0 Å². The van der Waals surface area contributed by atoms with E-state index < -0.39 is 0 Å². The van der Waals surface area contributed by atoms with E-state index in [9.17, 15) is 4.79 Å². The van der Waals surface area contributed by atoms with Gasteiger partial charge in [-0.25, -0.2) is 4.98 Å². The number of oxazole rings is 1. The number of nitrogens with one attached hydrogen (secondary N) is 1. The van der Waals surface area contributed by atoms with Gasteiger partial charge >= 0.3 is 0 Å². The minimum Gasteiger partial charge on any atom is -0.493 e. The van der Waals surface area contributed by atoms with Crippen LogP contribution in [0.15, 0.2) is 71.3 Å². The molecule has 6 nitrogen and oxygen atoms in total. The van der Waals surface area contributed by atoms with Gasteiger partial charge in [-0.3, -0.25) is 4.79 Å². The molecule has 0 aliphatic rings. The third-order valence-corrected chi connectivity index (χ3v) is 4.25. The fraction of sp³-hybridized carbons (Fsp3) is 0.174. The second-order valence-electron chi connectivity index (χ2n) is 7.10. The molecule has 4 aromatic rings. The molecule has 0 atom stereocenters. The van der Waals surface area contributed by atoms with Gasteiger partial charge in [0, 0.05) is 23.0 Å². The highest BCUT2D eigenvalue weighted by molar-refractivity contribution is 6.04. The number of benzene rings is 2. The van der Waals surface area contributed by atoms with Crippen LogP contribution in [-0.2, 0) is 0 Å². The summed E-state index contributed by atoms with van der Waals surface area (Å²) in [6.07, 6.45) is 1.68. The molecule has 0 aliphatic carbocycles. The normalized spacial score (nSPS) is 11.0. The Labute approximate surface area is 168 Å². The molecule has 6 heteroatoms. The van der Waals surface area contributed by atoms with Crippen LogP contribution in [-0.4, -0.2) is 22.5 Å². The number of nitrogens with zero attached hydrogens (tertiary/aromatic N) is 2. The van der Waals surface area contributed by atoms with Gasteiger partial charge in [-0.15, -0.1) is 0 Å². The second-order valence-corrected chi connectivity index (χ2v) is 7.10. The number of aromatic nitrogens is 2. The Morgan fingerprint density at radius 3 is 2.52 bits per heavy atom. The molecule has 0 spiro atoms. The van der Waals surface area contributed by atoms with Crippen molar-refractivity contribution in [1.82, 2.24) is 9.97 Å². The molecule has 2 aromatic heterocycles. The van der Waals surface area contributed by atoms with E-state index in [0.29, 0.717) is 40.9 Å². The van der Waals surface area contributed by atoms with Crippen LogP contribution in [0.1, 0.15) is 24.2 Å². The number of pyridine rings is 1. The Bertz CT molecular complexity index is 1080. The number of carbonyl (C=O) groups excluding carboxylic acids is 1. The first-order chi connectivity index (χ1) is 14.1. The van der Waals surface area contributed by atoms with E-state index in [2.05, 4.69) is 29.1 Å². The fourth-order valence-corrected chi connectivity index (χ4v) is 2.76. The summed E-state index contributed by atoms with van der Waals surface area (Å²) < 4.78 is 11.4. The highest BCUT2D eigenvalue weighted by Crippen LogP contribution is 2.24. The topological polar surface area (TPSA) is 77.2 Å². The number of rotatable bonds is 6. The molecule has 4 rings (SSSR count). The Balaban J connectivity index is 1.42. The molecule has 0 fully saturated rings. The summed E-state index contributed by atoms with van der Waals surface area (Å²) in [5.74, 6) is 1.52. The highest BCUT2D eigenvalue weighted by atomic mass is 16.5. The first-order valence-corrected chi connectivity index (χ1v) is 9.45. The van der Waals surface area contributed by atoms with E-state index in [1.165, 1.54) is 0 Å². The molecule has 0 saturated heterocycles. The number of carbonyl (C=O) groups is 1.